The van der Waals surface area contributed by atoms with Gasteiger partial charge in [0, 0.05) is 30.2 Å². The second kappa shape index (κ2) is 7.66. The largest absolute Gasteiger partial charge is 0.336 e. The van der Waals surface area contributed by atoms with E-state index in [-0.39, 0.29) is 17.0 Å². The molecule has 6 heteroatoms. The maximum atomic E-state index is 12.7. The standard InChI is InChI=1S/C20H21N3O2S/c1-4-23-14(2)10-11-17(20(23)25)19(24)22(3)12-16-13-26-18(21-16)15-8-6-5-7-9-15/h5-11,13H,4,12H2,1-3H3. The number of carbonyl (C=O) groups is 1. The Hall–Kier alpha value is -2.73. The zero-order valence-corrected chi connectivity index (χ0v) is 15.9. The van der Waals surface area contributed by atoms with Crippen molar-refractivity contribution in [2.45, 2.75) is 26.9 Å². The molecule has 1 amide bonds. The molecule has 26 heavy (non-hydrogen) atoms. The van der Waals surface area contributed by atoms with E-state index in [1.54, 1.807) is 29.0 Å². The second-order valence-corrected chi connectivity index (χ2v) is 6.97. The van der Waals surface area contributed by atoms with Crippen molar-refractivity contribution in [1.29, 1.82) is 0 Å². The van der Waals surface area contributed by atoms with E-state index in [1.165, 1.54) is 4.90 Å². The molecule has 2 heterocycles. The number of hydrogen-bond acceptors (Lipinski definition) is 4. The maximum absolute atomic E-state index is 12.7. The number of thiazole rings is 1. The molecule has 5 nitrogen and oxygen atoms in total. The van der Waals surface area contributed by atoms with Crippen LogP contribution in [0.3, 0.4) is 0 Å². The Morgan fingerprint density at radius 1 is 1.19 bits per heavy atom. The van der Waals surface area contributed by atoms with Crippen molar-refractivity contribution in [3.05, 3.63) is 75.1 Å². The van der Waals surface area contributed by atoms with Gasteiger partial charge >= 0.3 is 0 Å². The van der Waals surface area contributed by atoms with Gasteiger partial charge in [-0.3, -0.25) is 9.59 Å². The van der Waals surface area contributed by atoms with Crippen LogP contribution in [0.1, 0.15) is 28.7 Å². The molecule has 0 aliphatic carbocycles. The first-order valence-corrected chi connectivity index (χ1v) is 9.35. The fourth-order valence-corrected chi connectivity index (χ4v) is 3.66. The topological polar surface area (TPSA) is 55.2 Å². The fourth-order valence-electron chi connectivity index (χ4n) is 2.84. The van der Waals surface area contributed by atoms with Crippen LogP contribution in [0.5, 0.6) is 0 Å². The molecule has 0 N–H and O–H groups in total. The summed E-state index contributed by atoms with van der Waals surface area (Å²) in [6, 6.07) is 13.4. The maximum Gasteiger partial charge on any atom is 0.263 e. The minimum absolute atomic E-state index is 0.193. The molecule has 0 spiro atoms. The summed E-state index contributed by atoms with van der Waals surface area (Å²) in [7, 11) is 1.69. The summed E-state index contributed by atoms with van der Waals surface area (Å²) in [5.74, 6) is -0.286. The van der Waals surface area contributed by atoms with Gasteiger partial charge in [0.15, 0.2) is 0 Å². The number of rotatable bonds is 5. The third-order valence-electron chi connectivity index (χ3n) is 4.26. The van der Waals surface area contributed by atoms with Crippen LogP contribution in [0.2, 0.25) is 0 Å². The highest BCUT2D eigenvalue weighted by Crippen LogP contribution is 2.23. The molecule has 0 saturated heterocycles. The van der Waals surface area contributed by atoms with Crippen molar-refractivity contribution >= 4 is 17.2 Å². The molecule has 3 rings (SSSR count). The van der Waals surface area contributed by atoms with Crippen LogP contribution in [-0.2, 0) is 13.1 Å². The summed E-state index contributed by atoms with van der Waals surface area (Å²) >= 11 is 1.55. The van der Waals surface area contributed by atoms with Gasteiger partial charge in [0.05, 0.1) is 12.2 Å². The molecule has 0 fully saturated rings. The number of amides is 1. The van der Waals surface area contributed by atoms with Crippen LogP contribution in [0.15, 0.2) is 52.6 Å². The molecule has 0 aliphatic heterocycles. The molecule has 134 valence electrons. The van der Waals surface area contributed by atoms with Crippen molar-refractivity contribution < 1.29 is 4.79 Å². The lowest BCUT2D eigenvalue weighted by atomic mass is 10.2. The average Bonchev–Trinajstić information content (AvgIpc) is 3.11. The summed E-state index contributed by atoms with van der Waals surface area (Å²) in [5, 5.41) is 2.87. The molecule has 0 bridgehead atoms. The first-order valence-electron chi connectivity index (χ1n) is 8.47. The Balaban J connectivity index is 1.79. The number of aryl methyl sites for hydroxylation is 1. The number of pyridine rings is 1. The summed E-state index contributed by atoms with van der Waals surface area (Å²) in [6.07, 6.45) is 0. The summed E-state index contributed by atoms with van der Waals surface area (Å²) < 4.78 is 1.61. The number of hydrogen-bond donors (Lipinski definition) is 0. The van der Waals surface area contributed by atoms with E-state index >= 15 is 0 Å². The van der Waals surface area contributed by atoms with Crippen LogP contribution >= 0.6 is 11.3 Å². The predicted octanol–water partition coefficient (Wildman–Crippen LogP) is 3.57. The van der Waals surface area contributed by atoms with Crippen molar-refractivity contribution in [2.24, 2.45) is 0 Å². The van der Waals surface area contributed by atoms with Crippen LogP contribution in [-0.4, -0.2) is 27.4 Å². The van der Waals surface area contributed by atoms with Gasteiger partial charge in [-0.2, -0.15) is 0 Å². The van der Waals surface area contributed by atoms with E-state index in [0.29, 0.717) is 13.1 Å². The molecule has 3 aromatic rings. The summed E-state index contributed by atoms with van der Waals surface area (Å²) in [6.45, 7) is 4.67. The molecular formula is C20H21N3O2S. The normalized spacial score (nSPS) is 10.7. The van der Waals surface area contributed by atoms with Crippen molar-refractivity contribution in [1.82, 2.24) is 14.5 Å². The Morgan fingerprint density at radius 3 is 2.62 bits per heavy atom. The van der Waals surface area contributed by atoms with Gasteiger partial charge in [-0.15, -0.1) is 11.3 Å². The minimum Gasteiger partial charge on any atom is -0.336 e. The number of nitrogens with zero attached hydrogens (tertiary/aromatic N) is 3. The van der Waals surface area contributed by atoms with Gasteiger partial charge in [0.1, 0.15) is 10.6 Å². The van der Waals surface area contributed by atoms with Crippen LogP contribution in [0.25, 0.3) is 10.6 Å². The first-order chi connectivity index (χ1) is 12.5. The van der Waals surface area contributed by atoms with E-state index in [2.05, 4.69) is 4.98 Å². The molecule has 0 radical (unpaired) electrons. The fraction of sp³-hybridized carbons (Fsp3) is 0.250. The molecule has 0 aliphatic rings. The Morgan fingerprint density at radius 2 is 1.92 bits per heavy atom. The molecule has 0 unspecified atom stereocenters. The van der Waals surface area contributed by atoms with Crippen LogP contribution < -0.4 is 5.56 Å². The predicted molar refractivity (Wildman–Crippen MR) is 104 cm³/mol. The highest BCUT2D eigenvalue weighted by Gasteiger charge is 2.18. The van der Waals surface area contributed by atoms with Gasteiger partial charge in [-0.25, -0.2) is 4.98 Å². The zero-order chi connectivity index (χ0) is 18.7. The third kappa shape index (κ3) is 3.60. The number of aromatic nitrogens is 2. The van der Waals surface area contributed by atoms with E-state index in [4.69, 9.17) is 0 Å². The van der Waals surface area contributed by atoms with Crippen LogP contribution in [0, 0.1) is 6.92 Å². The van der Waals surface area contributed by atoms with Gasteiger partial charge in [0.25, 0.3) is 11.5 Å². The quantitative estimate of drug-likeness (QED) is 0.693. The van der Waals surface area contributed by atoms with Crippen molar-refractivity contribution in [3.63, 3.8) is 0 Å². The van der Waals surface area contributed by atoms with E-state index in [9.17, 15) is 9.59 Å². The molecule has 0 saturated carbocycles. The van der Waals surface area contributed by atoms with Gasteiger partial charge < -0.3 is 9.47 Å². The molecule has 1 aromatic carbocycles. The molecule has 0 atom stereocenters. The monoisotopic (exact) mass is 367 g/mol. The highest BCUT2D eigenvalue weighted by molar-refractivity contribution is 7.13. The summed E-state index contributed by atoms with van der Waals surface area (Å²) in [5.41, 5.74) is 2.67. The van der Waals surface area contributed by atoms with Crippen LogP contribution in [0.4, 0.5) is 0 Å². The van der Waals surface area contributed by atoms with Gasteiger partial charge in [-0.1, -0.05) is 30.3 Å². The smallest absolute Gasteiger partial charge is 0.263 e. The Bertz CT molecular complexity index is 976. The average molecular weight is 367 g/mol. The lowest BCUT2D eigenvalue weighted by Gasteiger charge is -2.17. The second-order valence-electron chi connectivity index (χ2n) is 6.11. The lowest BCUT2D eigenvalue weighted by molar-refractivity contribution is 0.0781. The number of benzene rings is 1. The zero-order valence-electron chi connectivity index (χ0n) is 15.1. The highest BCUT2D eigenvalue weighted by atomic mass is 32.1. The van der Waals surface area contributed by atoms with E-state index in [1.807, 2.05) is 55.6 Å². The van der Waals surface area contributed by atoms with E-state index in [0.717, 1.165) is 22.0 Å². The third-order valence-corrected chi connectivity index (χ3v) is 5.20. The summed E-state index contributed by atoms with van der Waals surface area (Å²) in [4.78, 5) is 31.4. The van der Waals surface area contributed by atoms with Crippen molar-refractivity contribution in [2.75, 3.05) is 7.05 Å². The van der Waals surface area contributed by atoms with Gasteiger partial charge in [-0.05, 0) is 26.0 Å². The van der Waals surface area contributed by atoms with Gasteiger partial charge in [0.2, 0.25) is 0 Å². The Labute approximate surface area is 156 Å². The molecular weight excluding hydrogens is 346 g/mol. The van der Waals surface area contributed by atoms with Crippen molar-refractivity contribution in [3.8, 4) is 10.6 Å². The van der Waals surface area contributed by atoms with E-state index < -0.39 is 0 Å². The lowest BCUT2D eigenvalue weighted by Crippen LogP contribution is -2.34. The SMILES string of the molecule is CCn1c(C)ccc(C(=O)N(C)Cc2csc(-c3ccccc3)n2)c1=O. The molecule has 2 aromatic heterocycles. The first kappa shape index (κ1) is 18.1. The number of carbonyl (C=O) groups excluding carboxylic acids is 1. The Kier molecular flexibility index (Phi) is 5.32. The minimum atomic E-state index is -0.286.